The Bertz CT molecular complexity index is 393. The summed E-state index contributed by atoms with van der Waals surface area (Å²) in [5.41, 5.74) is 0.0367. The maximum atomic E-state index is 12.6. The molecule has 1 rings (SSSR count). The molecule has 3 nitrogen and oxygen atoms in total. The van der Waals surface area contributed by atoms with Crippen LogP contribution in [-0.2, 0) is 4.79 Å². The lowest BCUT2D eigenvalue weighted by molar-refractivity contribution is -0.165. The molecule has 6 heteroatoms. The molecule has 0 radical (unpaired) electrons. The van der Waals surface area contributed by atoms with Gasteiger partial charge in [-0.3, -0.25) is 4.79 Å². The van der Waals surface area contributed by atoms with Crippen molar-refractivity contribution in [3.63, 3.8) is 0 Å². The number of carbonyl (C=O) groups excluding carboxylic acids is 1. The molecule has 1 aliphatic rings. The van der Waals surface area contributed by atoms with Gasteiger partial charge in [0.2, 0.25) is 5.91 Å². The highest BCUT2D eigenvalue weighted by Gasteiger charge is 2.42. The number of hydrogen-bond donors (Lipinski definition) is 0. The molecule has 0 aromatic carbocycles. The molecule has 20 heavy (non-hydrogen) atoms. The molecule has 0 saturated carbocycles. The highest BCUT2D eigenvalue weighted by atomic mass is 19.4. The monoisotopic (exact) mass is 290 g/mol. The van der Waals surface area contributed by atoms with Crippen molar-refractivity contribution in [2.45, 2.75) is 46.2 Å². The van der Waals surface area contributed by atoms with Gasteiger partial charge in [0.05, 0.1) is 6.07 Å². The molecule has 2 atom stereocenters. The average Bonchev–Trinajstić information content (AvgIpc) is 2.46. The molecule has 2 unspecified atom stereocenters. The fourth-order valence-corrected chi connectivity index (χ4v) is 2.53. The number of nitriles is 1. The van der Waals surface area contributed by atoms with Gasteiger partial charge in [-0.1, -0.05) is 20.8 Å². The predicted octanol–water partition coefficient (Wildman–Crippen LogP) is 3.36. The van der Waals surface area contributed by atoms with Gasteiger partial charge in [0.1, 0.15) is 0 Å². The van der Waals surface area contributed by atoms with Crippen LogP contribution in [0.1, 0.15) is 40.0 Å². The van der Waals surface area contributed by atoms with Crippen LogP contribution in [0.25, 0.3) is 0 Å². The Labute approximate surface area is 117 Å². The quantitative estimate of drug-likeness (QED) is 0.782. The zero-order chi connectivity index (χ0) is 15.6. The van der Waals surface area contributed by atoms with Gasteiger partial charge in [-0.15, -0.1) is 0 Å². The van der Waals surface area contributed by atoms with Crippen LogP contribution in [0.15, 0.2) is 0 Å². The van der Waals surface area contributed by atoms with E-state index in [1.807, 2.05) is 0 Å². The molecule has 1 aliphatic heterocycles. The summed E-state index contributed by atoms with van der Waals surface area (Å²) in [6.07, 6.45) is -2.93. The molecule has 1 fully saturated rings. The zero-order valence-corrected chi connectivity index (χ0v) is 12.1. The van der Waals surface area contributed by atoms with Gasteiger partial charge >= 0.3 is 6.18 Å². The van der Waals surface area contributed by atoms with Crippen molar-refractivity contribution in [2.75, 3.05) is 13.1 Å². The third kappa shape index (κ3) is 4.39. The van der Waals surface area contributed by atoms with Gasteiger partial charge in [-0.2, -0.15) is 18.4 Å². The minimum Gasteiger partial charge on any atom is -0.341 e. The lowest BCUT2D eigenvalue weighted by atomic mass is 9.77. The smallest absolute Gasteiger partial charge is 0.341 e. The first-order chi connectivity index (χ1) is 9.05. The number of halogens is 3. The first-order valence-electron chi connectivity index (χ1n) is 6.80. The number of amides is 1. The number of hydrogen-bond acceptors (Lipinski definition) is 2. The molecule has 1 amide bonds. The summed E-state index contributed by atoms with van der Waals surface area (Å²) >= 11 is 0. The number of rotatable bonds is 2. The van der Waals surface area contributed by atoms with Crippen molar-refractivity contribution >= 4 is 5.91 Å². The Morgan fingerprint density at radius 1 is 1.35 bits per heavy atom. The van der Waals surface area contributed by atoms with E-state index in [4.69, 9.17) is 5.26 Å². The highest BCUT2D eigenvalue weighted by molar-refractivity contribution is 5.76. The summed E-state index contributed by atoms with van der Waals surface area (Å²) in [6, 6.07) is 1.25. The van der Waals surface area contributed by atoms with E-state index in [-0.39, 0.29) is 17.7 Å². The van der Waals surface area contributed by atoms with Crippen LogP contribution in [0.2, 0.25) is 0 Å². The van der Waals surface area contributed by atoms with E-state index in [1.54, 1.807) is 0 Å². The number of alkyl halides is 3. The van der Waals surface area contributed by atoms with Crippen LogP contribution in [-0.4, -0.2) is 30.1 Å². The van der Waals surface area contributed by atoms with E-state index in [2.05, 4.69) is 20.8 Å². The summed E-state index contributed by atoms with van der Waals surface area (Å²) in [5, 5.41) is 8.62. The summed E-state index contributed by atoms with van der Waals surface area (Å²) in [7, 11) is 0. The van der Waals surface area contributed by atoms with Crippen LogP contribution in [0.4, 0.5) is 13.2 Å². The summed E-state index contributed by atoms with van der Waals surface area (Å²) in [6.45, 7) is 5.98. The molecule has 0 aliphatic carbocycles. The molecule has 0 N–H and O–H groups in total. The molecular weight excluding hydrogens is 269 g/mol. The van der Waals surface area contributed by atoms with Gasteiger partial charge < -0.3 is 4.90 Å². The van der Waals surface area contributed by atoms with E-state index >= 15 is 0 Å². The highest BCUT2D eigenvalue weighted by Crippen LogP contribution is 2.35. The first kappa shape index (κ1) is 16.8. The van der Waals surface area contributed by atoms with Crippen LogP contribution < -0.4 is 0 Å². The Morgan fingerprint density at radius 2 is 1.95 bits per heavy atom. The fourth-order valence-electron chi connectivity index (χ4n) is 2.53. The minimum absolute atomic E-state index is 0.0367. The van der Waals surface area contributed by atoms with Crippen molar-refractivity contribution in [3.8, 4) is 6.07 Å². The van der Waals surface area contributed by atoms with Gasteiger partial charge in [-0.25, -0.2) is 0 Å². The lowest BCUT2D eigenvalue weighted by Gasteiger charge is -2.30. The van der Waals surface area contributed by atoms with Crippen LogP contribution in [0.5, 0.6) is 0 Å². The zero-order valence-electron chi connectivity index (χ0n) is 12.1. The standard InChI is InChI=1S/C14H21F3N2O/c1-13(2,3)10-4-5-12(20)19(7-6-10)9-11(8-18)14(15,16)17/h10-11H,4-7,9H2,1-3H3. The van der Waals surface area contributed by atoms with E-state index in [9.17, 15) is 18.0 Å². The first-order valence-corrected chi connectivity index (χ1v) is 6.80. The van der Waals surface area contributed by atoms with Gasteiger partial charge in [0.15, 0.2) is 5.92 Å². The van der Waals surface area contributed by atoms with Gasteiger partial charge in [-0.05, 0) is 24.2 Å². The average molecular weight is 290 g/mol. The van der Waals surface area contributed by atoms with Crippen LogP contribution >= 0.6 is 0 Å². The van der Waals surface area contributed by atoms with Crippen molar-refractivity contribution in [2.24, 2.45) is 17.3 Å². The van der Waals surface area contributed by atoms with Crippen molar-refractivity contribution in [1.82, 2.24) is 4.90 Å². The van der Waals surface area contributed by atoms with Crippen molar-refractivity contribution in [3.05, 3.63) is 0 Å². The molecule has 0 aromatic heterocycles. The Balaban J connectivity index is 2.73. The number of likely N-dealkylation sites (tertiary alicyclic amines) is 1. The maximum absolute atomic E-state index is 12.6. The number of carbonyl (C=O) groups is 1. The maximum Gasteiger partial charge on any atom is 0.406 e. The third-order valence-corrected chi connectivity index (χ3v) is 3.99. The predicted molar refractivity (Wildman–Crippen MR) is 68.5 cm³/mol. The molecule has 0 aromatic rings. The molecule has 114 valence electrons. The van der Waals surface area contributed by atoms with E-state index < -0.39 is 18.6 Å². The van der Waals surface area contributed by atoms with Gasteiger partial charge in [0.25, 0.3) is 0 Å². The molecule has 0 bridgehead atoms. The Hall–Kier alpha value is -1.25. The normalized spacial score (nSPS) is 23.1. The summed E-state index contributed by atoms with van der Waals surface area (Å²) < 4.78 is 37.8. The minimum atomic E-state index is -4.58. The molecule has 1 saturated heterocycles. The fraction of sp³-hybridized carbons (Fsp3) is 0.857. The second-order valence-corrected chi connectivity index (χ2v) is 6.45. The van der Waals surface area contributed by atoms with E-state index in [0.717, 1.165) is 0 Å². The third-order valence-electron chi connectivity index (χ3n) is 3.99. The SMILES string of the molecule is CC(C)(C)C1CCC(=O)N(CC(C#N)C(F)(F)F)CC1. The lowest BCUT2D eigenvalue weighted by Crippen LogP contribution is -2.39. The van der Waals surface area contributed by atoms with E-state index in [0.29, 0.717) is 25.3 Å². The topological polar surface area (TPSA) is 44.1 Å². The van der Waals surface area contributed by atoms with Crippen molar-refractivity contribution < 1.29 is 18.0 Å². The van der Waals surface area contributed by atoms with E-state index in [1.165, 1.54) is 11.0 Å². The Morgan fingerprint density at radius 3 is 2.40 bits per heavy atom. The van der Waals surface area contributed by atoms with Gasteiger partial charge in [0, 0.05) is 19.5 Å². The molecular formula is C14H21F3N2O. The second kappa shape index (κ2) is 6.02. The summed E-state index contributed by atoms with van der Waals surface area (Å²) in [4.78, 5) is 13.1. The second-order valence-electron chi connectivity index (χ2n) is 6.45. The van der Waals surface area contributed by atoms with Crippen LogP contribution in [0, 0.1) is 28.6 Å². The van der Waals surface area contributed by atoms with Crippen LogP contribution in [0.3, 0.4) is 0 Å². The molecule has 1 heterocycles. The summed E-state index contributed by atoms with van der Waals surface area (Å²) in [5.74, 6) is -2.07. The number of nitrogens with zero attached hydrogens (tertiary/aromatic N) is 2. The Kier molecular flexibility index (Phi) is 5.06. The largest absolute Gasteiger partial charge is 0.406 e. The van der Waals surface area contributed by atoms with Crippen molar-refractivity contribution in [1.29, 1.82) is 5.26 Å². The molecule has 0 spiro atoms.